The highest BCUT2D eigenvalue weighted by Crippen LogP contribution is 2.32. The normalized spacial score (nSPS) is 13.7. The summed E-state index contributed by atoms with van der Waals surface area (Å²) in [6, 6.07) is 7.44. The number of aldehydes is 1. The van der Waals surface area contributed by atoms with Crippen LogP contribution in [0.3, 0.4) is 0 Å². The fourth-order valence-corrected chi connectivity index (χ4v) is 2.85. The lowest BCUT2D eigenvalue weighted by Gasteiger charge is -2.10. The zero-order valence-electron chi connectivity index (χ0n) is 11.9. The number of benzene rings is 1. The van der Waals surface area contributed by atoms with E-state index in [9.17, 15) is 9.59 Å². The maximum absolute atomic E-state index is 11.8. The lowest BCUT2D eigenvalue weighted by atomic mass is 10.0. The first-order valence-corrected chi connectivity index (χ1v) is 6.87. The maximum Gasteiger partial charge on any atom is 0.234 e. The van der Waals surface area contributed by atoms with Crippen molar-refractivity contribution in [3.8, 4) is 11.3 Å². The summed E-state index contributed by atoms with van der Waals surface area (Å²) in [6.07, 6.45) is 4.55. The Balaban J connectivity index is 1.92. The fourth-order valence-electron chi connectivity index (χ4n) is 2.85. The monoisotopic (exact) mass is 292 g/mol. The summed E-state index contributed by atoms with van der Waals surface area (Å²) in [5.74, 6) is 0.549. The van der Waals surface area contributed by atoms with Crippen molar-refractivity contribution in [1.82, 2.24) is 14.4 Å². The average Bonchev–Trinajstić information content (AvgIpc) is 3.05. The van der Waals surface area contributed by atoms with Crippen molar-refractivity contribution in [2.45, 2.75) is 6.42 Å². The van der Waals surface area contributed by atoms with E-state index in [2.05, 4.69) is 9.97 Å². The summed E-state index contributed by atoms with van der Waals surface area (Å²) in [7, 11) is 1.76. The fraction of sp³-hybridized carbons (Fsp3) is 0.125. The number of amides is 1. The molecule has 6 nitrogen and oxygen atoms in total. The van der Waals surface area contributed by atoms with Crippen LogP contribution in [0.15, 0.2) is 36.7 Å². The van der Waals surface area contributed by atoms with Crippen LogP contribution in [0.5, 0.6) is 0 Å². The molecule has 0 saturated carbocycles. The second-order valence-corrected chi connectivity index (χ2v) is 5.23. The molecule has 1 aromatic carbocycles. The second-order valence-electron chi connectivity index (χ2n) is 5.23. The van der Waals surface area contributed by atoms with E-state index in [1.165, 1.54) is 0 Å². The van der Waals surface area contributed by atoms with Crippen LogP contribution in [0.25, 0.3) is 17.0 Å². The van der Waals surface area contributed by atoms with Crippen LogP contribution in [0, 0.1) is 0 Å². The Bertz CT molecular complexity index is 929. The largest absolute Gasteiger partial charge is 0.315 e. The standard InChI is InChI=1S/C16H12N4O2/c1-19-12-4-3-10(7-11(12)8-14(19)22)15-13(9-21)20-6-2-5-17-16(20)18-15/h2-7,9H,8H2,1H3. The summed E-state index contributed by atoms with van der Waals surface area (Å²) in [5.41, 5.74) is 3.71. The van der Waals surface area contributed by atoms with Crippen LogP contribution >= 0.6 is 0 Å². The highest BCUT2D eigenvalue weighted by Gasteiger charge is 2.25. The number of carbonyl (C=O) groups is 2. The summed E-state index contributed by atoms with van der Waals surface area (Å²) in [5, 5.41) is 0. The molecule has 0 saturated heterocycles. The Labute approximate surface area is 126 Å². The van der Waals surface area contributed by atoms with Crippen LogP contribution in [-0.4, -0.2) is 33.6 Å². The lowest BCUT2D eigenvalue weighted by Crippen LogP contribution is -2.20. The minimum Gasteiger partial charge on any atom is -0.315 e. The van der Waals surface area contributed by atoms with E-state index < -0.39 is 0 Å². The molecule has 0 unspecified atom stereocenters. The molecule has 3 aromatic rings. The topological polar surface area (TPSA) is 67.6 Å². The molecule has 6 heteroatoms. The molecule has 0 bridgehead atoms. The van der Waals surface area contributed by atoms with E-state index in [1.54, 1.807) is 34.8 Å². The molecule has 1 aliphatic heterocycles. The smallest absolute Gasteiger partial charge is 0.234 e. The first-order valence-electron chi connectivity index (χ1n) is 6.87. The Morgan fingerprint density at radius 2 is 2.18 bits per heavy atom. The molecule has 4 rings (SSSR count). The minimum atomic E-state index is 0.0689. The van der Waals surface area contributed by atoms with Gasteiger partial charge in [0.2, 0.25) is 11.7 Å². The number of fused-ring (bicyclic) bond motifs is 2. The van der Waals surface area contributed by atoms with Crippen molar-refractivity contribution in [1.29, 1.82) is 0 Å². The Kier molecular flexibility index (Phi) is 2.59. The number of hydrogen-bond donors (Lipinski definition) is 0. The van der Waals surface area contributed by atoms with Gasteiger partial charge in [0.25, 0.3) is 0 Å². The lowest BCUT2D eigenvalue weighted by molar-refractivity contribution is -0.117. The van der Waals surface area contributed by atoms with Crippen LogP contribution in [-0.2, 0) is 11.2 Å². The molecule has 108 valence electrons. The number of nitrogens with zero attached hydrogens (tertiary/aromatic N) is 4. The van der Waals surface area contributed by atoms with Gasteiger partial charge in [0.1, 0.15) is 11.4 Å². The van der Waals surface area contributed by atoms with E-state index in [1.807, 2.05) is 18.2 Å². The van der Waals surface area contributed by atoms with Crippen molar-refractivity contribution in [2.24, 2.45) is 0 Å². The van der Waals surface area contributed by atoms with Crippen LogP contribution in [0.4, 0.5) is 5.69 Å². The van der Waals surface area contributed by atoms with Gasteiger partial charge in [0, 0.05) is 30.7 Å². The van der Waals surface area contributed by atoms with Gasteiger partial charge in [0.05, 0.1) is 6.42 Å². The molecule has 0 aliphatic carbocycles. The zero-order valence-corrected chi connectivity index (χ0v) is 11.9. The van der Waals surface area contributed by atoms with Crippen molar-refractivity contribution in [3.05, 3.63) is 47.9 Å². The van der Waals surface area contributed by atoms with Gasteiger partial charge in [-0.15, -0.1) is 0 Å². The maximum atomic E-state index is 11.8. The van der Waals surface area contributed by atoms with Crippen molar-refractivity contribution < 1.29 is 9.59 Å². The number of hydrogen-bond acceptors (Lipinski definition) is 4. The van der Waals surface area contributed by atoms with Crippen molar-refractivity contribution in [2.75, 3.05) is 11.9 Å². The van der Waals surface area contributed by atoms with E-state index in [4.69, 9.17) is 0 Å². The van der Waals surface area contributed by atoms with Crippen LogP contribution in [0.2, 0.25) is 0 Å². The Morgan fingerprint density at radius 1 is 1.32 bits per heavy atom. The van der Waals surface area contributed by atoms with Gasteiger partial charge < -0.3 is 4.90 Å². The quantitative estimate of drug-likeness (QED) is 0.675. The molecular formula is C16H12N4O2. The van der Waals surface area contributed by atoms with Gasteiger partial charge in [0.15, 0.2) is 6.29 Å². The first-order chi connectivity index (χ1) is 10.7. The second kappa shape index (κ2) is 4.49. The molecule has 0 radical (unpaired) electrons. The molecule has 1 amide bonds. The third-order valence-electron chi connectivity index (χ3n) is 3.98. The first kappa shape index (κ1) is 12.7. The molecule has 0 N–H and O–H groups in total. The molecule has 2 aromatic heterocycles. The number of likely N-dealkylation sites (N-methyl/N-ethyl adjacent to an activating group) is 1. The van der Waals surface area contributed by atoms with Gasteiger partial charge >= 0.3 is 0 Å². The van der Waals surface area contributed by atoms with E-state index in [0.717, 1.165) is 23.1 Å². The van der Waals surface area contributed by atoms with Crippen LogP contribution in [0.1, 0.15) is 16.1 Å². The predicted octanol–water partition coefficient (Wildman–Crippen LogP) is 1.73. The van der Waals surface area contributed by atoms with Crippen LogP contribution < -0.4 is 4.90 Å². The molecule has 3 heterocycles. The molecule has 1 aliphatic rings. The number of rotatable bonds is 2. The third kappa shape index (κ3) is 1.67. The van der Waals surface area contributed by atoms with Gasteiger partial charge in [-0.25, -0.2) is 9.97 Å². The number of aromatic nitrogens is 3. The number of imidazole rings is 1. The molecule has 0 spiro atoms. The molecular weight excluding hydrogens is 280 g/mol. The molecule has 0 fully saturated rings. The Morgan fingerprint density at radius 3 is 3.00 bits per heavy atom. The summed E-state index contributed by atoms with van der Waals surface area (Å²) < 4.78 is 1.66. The highest BCUT2D eigenvalue weighted by molar-refractivity contribution is 6.01. The predicted molar refractivity (Wildman–Crippen MR) is 80.9 cm³/mol. The molecule has 0 atom stereocenters. The van der Waals surface area contributed by atoms with E-state index >= 15 is 0 Å². The SMILES string of the molecule is CN1C(=O)Cc2cc(-c3nc4ncccn4c3C=O)ccc21. The minimum absolute atomic E-state index is 0.0689. The Hall–Kier alpha value is -3.02. The summed E-state index contributed by atoms with van der Waals surface area (Å²) in [6.45, 7) is 0. The highest BCUT2D eigenvalue weighted by atomic mass is 16.2. The van der Waals surface area contributed by atoms with Gasteiger partial charge in [-0.2, -0.15) is 0 Å². The van der Waals surface area contributed by atoms with Crippen molar-refractivity contribution in [3.63, 3.8) is 0 Å². The van der Waals surface area contributed by atoms with E-state index in [0.29, 0.717) is 23.6 Å². The van der Waals surface area contributed by atoms with Gasteiger partial charge in [-0.05, 0) is 23.8 Å². The summed E-state index contributed by atoms with van der Waals surface area (Å²) in [4.78, 5) is 33.5. The van der Waals surface area contributed by atoms with Gasteiger partial charge in [-0.3, -0.25) is 14.0 Å². The average molecular weight is 292 g/mol. The van der Waals surface area contributed by atoms with Gasteiger partial charge in [-0.1, -0.05) is 6.07 Å². The zero-order chi connectivity index (χ0) is 15.3. The molecule has 22 heavy (non-hydrogen) atoms. The van der Waals surface area contributed by atoms with Crippen molar-refractivity contribution >= 4 is 23.7 Å². The van der Waals surface area contributed by atoms with E-state index in [-0.39, 0.29) is 5.91 Å². The number of anilines is 1. The number of carbonyl (C=O) groups excluding carboxylic acids is 2. The third-order valence-corrected chi connectivity index (χ3v) is 3.98. The summed E-state index contributed by atoms with van der Waals surface area (Å²) >= 11 is 0.